The number of nitrogens with two attached hydrogens (primary N) is 1. The molecule has 1 aliphatic heterocycles. The van der Waals surface area contributed by atoms with Gasteiger partial charge in [0.05, 0.1) is 5.69 Å². The van der Waals surface area contributed by atoms with Crippen molar-refractivity contribution in [2.24, 2.45) is 0 Å². The van der Waals surface area contributed by atoms with E-state index < -0.39 is 0 Å². The van der Waals surface area contributed by atoms with Crippen LogP contribution in [0.1, 0.15) is 35.7 Å². The van der Waals surface area contributed by atoms with Crippen molar-refractivity contribution in [3.63, 3.8) is 0 Å². The number of rotatable bonds is 2. The topological polar surface area (TPSA) is 47.1 Å². The summed E-state index contributed by atoms with van der Waals surface area (Å²) in [7, 11) is 0. The van der Waals surface area contributed by atoms with Crippen molar-refractivity contribution in [3.8, 4) is 0 Å². The van der Waals surface area contributed by atoms with E-state index in [0.29, 0.717) is 6.04 Å². The van der Waals surface area contributed by atoms with E-state index in [4.69, 9.17) is 10.7 Å². The number of fused-ring (bicyclic) bond motifs is 1. The van der Waals surface area contributed by atoms with Gasteiger partial charge in [-0.3, -0.25) is 0 Å². The predicted octanol–water partition coefficient (Wildman–Crippen LogP) is 2.67. The highest BCUT2D eigenvalue weighted by atomic mass is 15.3. The van der Waals surface area contributed by atoms with Crippen LogP contribution in [0, 0.1) is 6.92 Å². The zero-order valence-corrected chi connectivity index (χ0v) is 11.8. The number of nitrogens with zero attached hydrogens (tertiary/aromatic N) is 3. The van der Waals surface area contributed by atoms with E-state index in [-0.39, 0.29) is 0 Å². The van der Waals surface area contributed by atoms with Crippen LogP contribution in [0.15, 0.2) is 24.4 Å². The van der Waals surface area contributed by atoms with E-state index in [0.717, 1.165) is 36.8 Å². The summed E-state index contributed by atoms with van der Waals surface area (Å²) >= 11 is 0. The van der Waals surface area contributed by atoms with E-state index in [2.05, 4.69) is 34.7 Å². The zero-order valence-electron chi connectivity index (χ0n) is 11.8. The number of hydrogen-bond acceptors (Lipinski definition) is 3. The second-order valence-electron chi connectivity index (χ2n) is 5.98. The molecule has 104 valence electrons. The first-order valence-corrected chi connectivity index (χ1v) is 7.39. The number of imidazole rings is 1. The number of hydrogen-bond donors (Lipinski definition) is 1. The summed E-state index contributed by atoms with van der Waals surface area (Å²) in [5, 5.41) is 0. The Bertz CT molecular complexity index is 654. The second-order valence-corrected chi connectivity index (χ2v) is 5.98. The van der Waals surface area contributed by atoms with Crippen molar-refractivity contribution in [2.45, 2.75) is 38.8 Å². The number of nitrogen functional groups attached to an aromatic ring is 1. The number of aryl methyl sites for hydroxylation is 1. The van der Waals surface area contributed by atoms with Gasteiger partial charge in [-0.2, -0.15) is 0 Å². The lowest BCUT2D eigenvalue weighted by Crippen LogP contribution is -2.32. The molecule has 1 saturated carbocycles. The van der Waals surface area contributed by atoms with Gasteiger partial charge >= 0.3 is 0 Å². The van der Waals surface area contributed by atoms with Crippen LogP contribution in [-0.2, 0) is 13.0 Å². The molecule has 4 rings (SSSR count). The molecule has 0 radical (unpaired) electrons. The molecule has 0 saturated heterocycles. The molecule has 0 bridgehead atoms. The van der Waals surface area contributed by atoms with E-state index in [1.165, 1.54) is 24.0 Å². The maximum Gasteiger partial charge on any atom is 0.206 e. The maximum absolute atomic E-state index is 6.08. The third kappa shape index (κ3) is 1.87. The van der Waals surface area contributed by atoms with Crippen LogP contribution in [-0.4, -0.2) is 16.1 Å². The minimum absolute atomic E-state index is 0.674. The van der Waals surface area contributed by atoms with Gasteiger partial charge in [-0.05, 0) is 43.4 Å². The fraction of sp³-hybridized carbons (Fsp3) is 0.438. The fourth-order valence-corrected chi connectivity index (χ4v) is 3.17. The van der Waals surface area contributed by atoms with Gasteiger partial charge in [0, 0.05) is 31.0 Å². The first kappa shape index (κ1) is 11.8. The highest BCUT2D eigenvalue weighted by molar-refractivity contribution is 5.54. The van der Waals surface area contributed by atoms with E-state index >= 15 is 0 Å². The molecule has 2 aromatic rings. The number of aromatic nitrogens is 2. The van der Waals surface area contributed by atoms with Crippen LogP contribution in [0.4, 0.5) is 11.6 Å². The summed E-state index contributed by atoms with van der Waals surface area (Å²) in [4.78, 5) is 7.14. The van der Waals surface area contributed by atoms with Gasteiger partial charge in [0.2, 0.25) is 5.95 Å². The van der Waals surface area contributed by atoms with E-state index in [1.54, 1.807) is 0 Å². The van der Waals surface area contributed by atoms with Gasteiger partial charge in [0.15, 0.2) is 0 Å². The first-order chi connectivity index (χ1) is 9.72. The maximum atomic E-state index is 6.08. The normalized spacial score (nSPS) is 18.1. The summed E-state index contributed by atoms with van der Waals surface area (Å²) in [6, 6.07) is 6.92. The monoisotopic (exact) mass is 268 g/mol. The quantitative estimate of drug-likeness (QED) is 0.852. The molecule has 1 aromatic carbocycles. The Morgan fingerprint density at radius 2 is 2.15 bits per heavy atom. The van der Waals surface area contributed by atoms with Gasteiger partial charge in [-0.15, -0.1) is 0 Å². The molecule has 2 aliphatic rings. The Hall–Kier alpha value is -1.97. The lowest BCUT2D eigenvalue weighted by atomic mass is 9.98. The number of benzene rings is 1. The molecular weight excluding hydrogens is 248 g/mol. The lowest BCUT2D eigenvalue weighted by Gasteiger charge is -2.30. The molecule has 2 N–H and O–H groups in total. The Morgan fingerprint density at radius 1 is 1.30 bits per heavy atom. The molecule has 1 aliphatic carbocycles. The molecule has 0 atom stereocenters. The van der Waals surface area contributed by atoms with Gasteiger partial charge in [-0.25, -0.2) is 4.98 Å². The molecule has 4 heteroatoms. The van der Waals surface area contributed by atoms with Gasteiger partial charge < -0.3 is 15.2 Å². The standard InChI is InChI=1S/C16H20N4/c1-11-9-20(13-5-6-13)16(18-11)19-8-7-14-12(10-19)3-2-4-15(14)17/h2-4,9,13H,5-8,10,17H2,1H3. The lowest BCUT2D eigenvalue weighted by molar-refractivity contribution is 0.654. The van der Waals surface area contributed by atoms with Gasteiger partial charge in [0.1, 0.15) is 0 Å². The summed E-state index contributed by atoms with van der Waals surface area (Å²) < 4.78 is 2.37. The third-order valence-electron chi connectivity index (χ3n) is 4.36. The van der Waals surface area contributed by atoms with Crippen molar-refractivity contribution in [1.29, 1.82) is 0 Å². The predicted molar refractivity (Wildman–Crippen MR) is 80.8 cm³/mol. The molecule has 1 aromatic heterocycles. The van der Waals surface area contributed by atoms with Crippen molar-refractivity contribution in [2.75, 3.05) is 17.2 Å². The van der Waals surface area contributed by atoms with E-state index in [1.807, 2.05) is 6.07 Å². The van der Waals surface area contributed by atoms with Crippen molar-refractivity contribution < 1.29 is 0 Å². The first-order valence-electron chi connectivity index (χ1n) is 7.39. The average Bonchev–Trinajstić information content (AvgIpc) is 3.21. The van der Waals surface area contributed by atoms with Crippen LogP contribution in [0.2, 0.25) is 0 Å². The van der Waals surface area contributed by atoms with Crippen LogP contribution < -0.4 is 10.6 Å². The van der Waals surface area contributed by atoms with Crippen LogP contribution in [0.25, 0.3) is 0 Å². The molecule has 0 unspecified atom stereocenters. The van der Waals surface area contributed by atoms with Crippen LogP contribution in [0.3, 0.4) is 0 Å². The molecule has 20 heavy (non-hydrogen) atoms. The molecule has 0 spiro atoms. The van der Waals surface area contributed by atoms with Gasteiger partial charge in [0.25, 0.3) is 0 Å². The highest BCUT2D eigenvalue weighted by Crippen LogP contribution is 2.39. The molecule has 2 heterocycles. The summed E-state index contributed by atoms with van der Waals surface area (Å²) in [5.74, 6) is 1.14. The van der Waals surface area contributed by atoms with Crippen LogP contribution >= 0.6 is 0 Å². The van der Waals surface area contributed by atoms with Crippen LogP contribution in [0.5, 0.6) is 0 Å². The van der Waals surface area contributed by atoms with Crippen molar-refractivity contribution in [1.82, 2.24) is 9.55 Å². The third-order valence-corrected chi connectivity index (χ3v) is 4.36. The van der Waals surface area contributed by atoms with Gasteiger partial charge in [-0.1, -0.05) is 12.1 Å². The molecule has 0 amide bonds. The minimum Gasteiger partial charge on any atom is -0.398 e. The minimum atomic E-state index is 0.674. The summed E-state index contributed by atoms with van der Waals surface area (Å²) in [6.45, 7) is 4.01. The molecule has 4 nitrogen and oxygen atoms in total. The Labute approximate surface area is 119 Å². The fourth-order valence-electron chi connectivity index (χ4n) is 3.17. The summed E-state index contributed by atoms with van der Waals surface area (Å²) in [6.07, 6.45) is 5.79. The summed E-state index contributed by atoms with van der Waals surface area (Å²) in [5.41, 5.74) is 10.8. The molecule has 1 fully saturated rings. The largest absolute Gasteiger partial charge is 0.398 e. The van der Waals surface area contributed by atoms with Crippen molar-refractivity contribution in [3.05, 3.63) is 41.2 Å². The Kier molecular flexibility index (Phi) is 2.52. The molecular formula is C16H20N4. The second kappa shape index (κ2) is 4.27. The highest BCUT2D eigenvalue weighted by Gasteiger charge is 2.29. The number of anilines is 2. The van der Waals surface area contributed by atoms with E-state index in [9.17, 15) is 0 Å². The Balaban J connectivity index is 1.68. The Morgan fingerprint density at radius 3 is 2.95 bits per heavy atom. The van der Waals surface area contributed by atoms with Crippen molar-refractivity contribution >= 4 is 11.6 Å². The zero-order chi connectivity index (χ0) is 13.7. The average molecular weight is 268 g/mol. The SMILES string of the molecule is Cc1cn(C2CC2)c(N2CCc3c(N)cccc3C2)n1. The smallest absolute Gasteiger partial charge is 0.206 e.